The van der Waals surface area contributed by atoms with Gasteiger partial charge in [-0.2, -0.15) is 15.0 Å². The van der Waals surface area contributed by atoms with Crippen molar-refractivity contribution in [1.82, 2.24) is 25.7 Å². The molecule has 1 aromatic carbocycles. The molecule has 0 amide bonds. The number of hydrazine groups is 1. The Morgan fingerprint density at radius 3 is 2.38 bits per heavy atom. The fraction of sp³-hybridized carbons (Fsp3) is 0.500. The largest absolute Gasteiger partial charge is 0.359 e. The number of benzene rings is 1. The lowest BCUT2D eigenvalue weighted by atomic mass is 9.96. The summed E-state index contributed by atoms with van der Waals surface area (Å²) in [5, 5.41) is 7.20. The lowest BCUT2D eigenvalue weighted by Crippen LogP contribution is -2.45. The molecule has 9 heteroatoms. The highest BCUT2D eigenvalue weighted by atomic mass is 32.1. The van der Waals surface area contributed by atoms with E-state index in [9.17, 15) is 0 Å². The van der Waals surface area contributed by atoms with Crippen LogP contribution < -0.4 is 26.4 Å². The molecule has 1 saturated carbocycles. The van der Waals surface area contributed by atoms with Crippen LogP contribution in [0.3, 0.4) is 0 Å². The van der Waals surface area contributed by atoms with E-state index < -0.39 is 0 Å². The molecule has 4 rings (SSSR count). The van der Waals surface area contributed by atoms with Gasteiger partial charge in [0.25, 0.3) is 0 Å². The van der Waals surface area contributed by atoms with Crippen LogP contribution in [0.15, 0.2) is 30.3 Å². The monoisotopic (exact) mass is 412 g/mol. The van der Waals surface area contributed by atoms with Crippen LogP contribution in [0.5, 0.6) is 0 Å². The average Bonchev–Trinajstić information content (AvgIpc) is 3.29. The van der Waals surface area contributed by atoms with Gasteiger partial charge in [0, 0.05) is 24.8 Å². The molecule has 29 heavy (non-hydrogen) atoms. The summed E-state index contributed by atoms with van der Waals surface area (Å²) in [5.74, 6) is 1.61. The van der Waals surface area contributed by atoms with E-state index in [1.807, 2.05) is 30.3 Å². The lowest BCUT2D eigenvalue weighted by molar-refractivity contribution is 0.412. The zero-order valence-corrected chi connectivity index (χ0v) is 17.3. The second kappa shape index (κ2) is 9.69. The summed E-state index contributed by atoms with van der Waals surface area (Å²) in [7, 11) is 0. The Hall–Kier alpha value is -2.68. The fourth-order valence-corrected chi connectivity index (χ4v) is 3.98. The van der Waals surface area contributed by atoms with Gasteiger partial charge in [-0.25, -0.2) is 0 Å². The predicted octanol–water partition coefficient (Wildman–Crippen LogP) is 3.34. The molecule has 1 aliphatic heterocycles. The highest BCUT2D eigenvalue weighted by Gasteiger charge is 2.18. The Bertz CT molecular complexity index is 803. The first kappa shape index (κ1) is 19.6. The van der Waals surface area contributed by atoms with Gasteiger partial charge in [-0.05, 0) is 50.0 Å². The van der Waals surface area contributed by atoms with Crippen molar-refractivity contribution in [2.24, 2.45) is 0 Å². The van der Waals surface area contributed by atoms with Gasteiger partial charge in [0.1, 0.15) is 0 Å². The van der Waals surface area contributed by atoms with Crippen LogP contribution in [0.25, 0.3) is 0 Å². The zero-order chi connectivity index (χ0) is 19.9. The Morgan fingerprint density at radius 1 is 0.897 bits per heavy atom. The van der Waals surface area contributed by atoms with Crippen molar-refractivity contribution in [2.75, 3.05) is 28.7 Å². The molecule has 0 atom stereocenters. The van der Waals surface area contributed by atoms with Crippen LogP contribution in [-0.4, -0.2) is 39.2 Å². The molecule has 0 bridgehead atoms. The normalized spacial score (nSPS) is 17.0. The molecule has 1 aromatic heterocycles. The average molecular weight is 413 g/mol. The number of thiocarbonyl (C=S) groups is 1. The smallest absolute Gasteiger partial charge is 0.248 e. The number of rotatable bonds is 6. The Balaban J connectivity index is 1.43. The molecule has 4 N–H and O–H groups in total. The van der Waals surface area contributed by atoms with Gasteiger partial charge in [0.15, 0.2) is 5.11 Å². The molecule has 8 nitrogen and oxygen atoms in total. The van der Waals surface area contributed by atoms with Crippen molar-refractivity contribution >= 4 is 40.9 Å². The van der Waals surface area contributed by atoms with Gasteiger partial charge in [0.05, 0.1) is 0 Å². The first-order valence-electron chi connectivity index (χ1n) is 10.4. The maximum absolute atomic E-state index is 5.43. The molecule has 154 valence electrons. The molecule has 2 heterocycles. The number of aromatic nitrogens is 3. The lowest BCUT2D eigenvalue weighted by Gasteiger charge is -2.24. The Morgan fingerprint density at radius 2 is 1.62 bits per heavy atom. The van der Waals surface area contributed by atoms with Gasteiger partial charge in [-0.3, -0.25) is 10.9 Å². The van der Waals surface area contributed by atoms with E-state index >= 15 is 0 Å². The number of nitrogens with one attached hydrogen (secondary N) is 4. The van der Waals surface area contributed by atoms with Crippen LogP contribution in [0.2, 0.25) is 0 Å². The second-order valence-corrected chi connectivity index (χ2v) is 7.93. The standard InChI is InChI=1S/C20H28N8S/c29-20(22-16-11-5-2-6-12-16)27-26-18-23-17(21-15-9-3-1-4-10-15)24-19(25-18)28-13-7-8-14-28/h1,3-4,9-10,16H,2,5-8,11-14H2,(H2,22,27,29)(H2,21,23,24,25,26). The number of hydrogen-bond donors (Lipinski definition) is 4. The SMILES string of the molecule is S=C(NNc1nc(Nc2ccccc2)nc(N2CCCC2)n1)NC1CCCCC1. The molecular formula is C20H28N8S. The van der Waals surface area contributed by atoms with E-state index in [1.165, 1.54) is 19.3 Å². The third kappa shape index (κ3) is 5.66. The summed E-state index contributed by atoms with van der Waals surface area (Å²) in [6, 6.07) is 10.3. The van der Waals surface area contributed by atoms with Crippen LogP contribution in [0, 0.1) is 0 Å². The molecule has 0 unspecified atom stereocenters. The van der Waals surface area contributed by atoms with Gasteiger partial charge >= 0.3 is 0 Å². The Labute approximate surface area is 176 Å². The van der Waals surface area contributed by atoms with E-state index in [0.29, 0.717) is 29.0 Å². The third-order valence-electron chi connectivity index (χ3n) is 5.27. The van der Waals surface area contributed by atoms with Crippen LogP contribution in [0.4, 0.5) is 23.5 Å². The van der Waals surface area contributed by atoms with Crippen molar-refractivity contribution in [3.05, 3.63) is 30.3 Å². The highest BCUT2D eigenvalue weighted by Crippen LogP contribution is 2.21. The van der Waals surface area contributed by atoms with Crippen molar-refractivity contribution in [2.45, 2.75) is 51.0 Å². The molecule has 1 aliphatic carbocycles. The molecular weight excluding hydrogens is 384 g/mol. The minimum Gasteiger partial charge on any atom is -0.359 e. The molecule has 2 aliphatic rings. The number of hydrogen-bond acceptors (Lipinski definition) is 7. The molecule has 1 saturated heterocycles. The number of anilines is 4. The first-order valence-corrected chi connectivity index (χ1v) is 10.8. The quantitative estimate of drug-likeness (QED) is 0.421. The summed E-state index contributed by atoms with van der Waals surface area (Å²) in [4.78, 5) is 15.9. The second-order valence-electron chi connectivity index (χ2n) is 7.53. The van der Waals surface area contributed by atoms with Crippen molar-refractivity contribution in [1.29, 1.82) is 0 Å². The van der Waals surface area contributed by atoms with Crippen molar-refractivity contribution in [3.8, 4) is 0 Å². The molecule has 0 radical (unpaired) electrons. The molecule has 2 fully saturated rings. The van der Waals surface area contributed by atoms with Gasteiger partial charge in [-0.15, -0.1) is 0 Å². The Kier molecular flexibility index (Phi) is 6.56. The van der Waals surface area contributed by atoms with Gasteiger partial charge in [0.2, 0.25) is 17.8 Å². The molecule has 0 spiro atoms. The summed E-state index contributed by atoms with van der Waals surface area (Å²) in [6.07, 6.45) is 8.48. The fourth-order valence-electron chi connectivity index (χ4n) is 3.77. The maximum Gasteiger partial charge on any atom is 0.248 e. The third-order valence-corrected chi connectivity index (χ3v) is 5.49. The van der Waals surface area contributed by atoms with E-state index in [-0.39, 0.29) is 0 Å². The van der Waals surface area contributed by atoms with E-state index in [0.717, 1.165) is 44.5 Å². The van der Waals surface area contributed by atoms with Gasteiger partial charge in [-0.1, -0.05) is 37.5 Å². The van der Waals surface area contributed by atoms with Crippen LogP contribution in [-0.2, 0) is 0 Å². The summed E-state index contributed by atoms with van der Waals surface area (Å²) in [6.45, 7) is 1.92. The molecule has 2 aromatic rings. The predicted molar refractivity (Wildman–Crippen MR) is 120 cm³/mol. The van der Waals surface area contributed by atoms with E-state index in [1.54, 1.807) is 0 Å². The summed E-state index contributed by atoms with van der Waals surface area (Å²) >= 11 is 5.43. The minimum atomic E-state index is 0.438. The zero-order valence-electron chi connectivity index (χ0n) is 16.5. The van der Waals surface area contributed by atoms with Crippen LogP contribution >= 0.6 is 12.2 Å². The first-order chi connectivity index (χ1) is 14.3. The minimum absolute atomic E-state index is 0.438. The van der Waals surface area contributed by atoms with Gasteiger partial charge < -0.3 is 15.5 Å². The van der Waals surface area contributed by atoms with Crippen molar-refractivity contribution < 1.29 is 0 Å². The summed E-state index contributed by atoms with van der Waals surface area (Å²) < 4.78 is 0. The number of nitrogens with zero attached hydrogens (tertiary/aromatic N) is 4. The summed E-state index contributed by atoms with van der Waals surface area (Å²) in [5.41, 5.74) is 7.00. The van der Waals surface area contributed by atoms with Crippen LogP contribution in [0.1, 0.15) is 44.9 Å². The topological polar surface area (TPSA) is 90.0 Å². The van der Waals surface area contributed by atoms with E-state index in [4.69, 9.17) is 12.2 Å². The number of para-hydroxylation sites is 1. The van der Waals surface area contributed by atoms with E-state index in [2.05, 4.69) is 41.3 Å². The highest BCUT2D eigenvalue weighted by molar-refractivity contribution is 7.80. The maximum atomic E-state index is 5.43. The van der Waals surface area contributed by atoms with Crippen molar-refractivity contribution in [3.63, 3.8) is 0 Å².